The second kappa shape index (κ2) is 5.69. The Kier molecular flexibility index (Phi) is 4.42. The Hall–Kier alpha value is -0.430. The van der Waals surface area contributed by atoms with Crippen molar-refractivity contribution in [3.05, 3.63) is 28.7 Å². The molecule has 0 bridgehead atoms. The van der Waals surface area contributed by atoms with Gasteiger partial charge in [0.2, 0.25) is 0 Å². The lowest BCUT2D eigenvalue weighted by Crippen LogP contribution is -2.28. The van der Waals surface area contributed by atoms with Crippen LogP contribution in [-0.4, -0.2) is 49.9 Å². The van der Waals surface area contributed by atoms with Crippen LogP contribution in [0.1, 0.15) is 6.42 Å². The van der Waals surface area contributed by atoms with Gasteiger partial charge in [0.15, 0.2) is 9.84 Å². The van der Waals surface area contributed by atoms with Crippen LogP contribution in [0.3, 0.4) is 0 Å². The summed E-state index contributed by atoms with van der Waals surface area (Å²) >= 11 is 3.28. The maximum Gasteiger partial charge on any atom is 0.179 e. The highest BCUT2D eigenvalue weighted by molar-refractivity contribution is 9.10. The Bertz CT molecular complexity index is 501. The van der Waals surface area contributed by atoms with Crippen molar-refractivity contribution in [2.75, 3.05) is 25.4 Å². The van der Waals surface area contributed by atoms with Crippen molar-refractivity contribution in [1.82, 2.24) is 4.90 Å². The molecular weight excluding hydrogens is 318 g/mol. The van der Waals surface area contributed by atoms with Gasteiger partial charge in [-0.15, -0.1) is 0 Å². The minimum atomic E-state index is -3.23. The van der Waals surface area contributed by atoms with Gasteiger partial charge in [0.25, 0.3) is 0 Å². The second-order valence-corrected chi connectivity index (χ2v) is 7.54. The van der Waals surface area contributed by atoms with E-state index in [-0.39, 0.29) is 11.9 Å². The Morgan fingerprint density at radius 3 is 2.56 bits per heavy atom. The molecule has 18 heavy (non-hydrogen) atoms. The molecule has 1 aliphatic rings. The van der Waals surface area contributed by atoms with Crippen LogP contribution in [0.2, 0.25) is 0 Å². The van der Waals surface area contributed by atoms with Crippen LogP contribution in [0.4, 0.5) is 0 Å². The van der Waals surface area contributed by atoms with E-state index in [1.54, 1.807) is 24.3 Å². The van der Waals surface area contributed by atoms with E-state index in [0.717, 1.165) is 17.4 Å². The van der Waals surface area contributed by atoms with Crippen LogP contribution >= 0.6 is 15.9 Å². The third kappa shape index (κ3) is 3.54. The SMILES string of the molecule is O=S(=O)(CCN1CCC(O)C1)c1ccc(Br)cc1. The summed E-state index contributed by atoms with van der Waals surface area (Å²) in [7, 11) is -3.23. The first-order chi connectivity index (χ1) is 8.47. The first kappa shape index (κ1) is 14.0. The summed E-state index contributed by atoms with van der Waals surface area (Å²) in [6.45, 7) is 1.84. The highest BCUT2D eigenvalue weighted by Crippen LogP contribution is 2.17. The maximum absolute atomic E-state index is 12.1. The fraction of sp³-hybridized carbons (Fsp3) is 0.500. The maximum atomic E-state index is 12.1. The molecule has 1 heterocycles. The number of rotatable bonds is 4. The summed E-state index contributed by atoms with van der Waals surface area (Å²) in [4.78, 5) is 2.34. The van der Waals surface area contributed by atoms with Gasteiger partial charge in [0.05, 0.1) is 16.8 Å². The van der Waals surface area contributed by atoms with Crippen molar-refractivity contribution in [3.8, 4) is 0 Å². The average Bonchev–Trinajstić information content (AvgIpc) is 2.73. The first-order valence-electron chi connectivity index (χ1n) is 5.86. The molecule has 1 saturated heterocycles. The van der Waals surface area contributed by atoms with Gasteiger partial charge in [-0.1, -0.05) is 15.9 Å². The minimum absolute atomic E-state index is 0.0986. The zero-order valence-corrected chi connectivity index (χ0v) is 12.3. The van der Waals surface area contributed by atoms with Crippen LogP contribution in [0, 0.1) is 0 Å². The minimum Gasteiger partial charge on any atom is -0.392 e. The second-order valence-electron chi connectivity index (χ2n) is 4.52. The van der Waals surface area contributed by atoms with Crippen LogP contribution < -0.4 is 0 Å². The number of aliphatic hydroxyl groups is 1. The summed E-state index contributed by atoms with van der Waals surface area (Å²) in [6.07, 6.45) is 0.429. The molecule has 2 rings (SSSR count). The Morgan fingerprint density at radius 1 is 1.33 bits per heavy atom. The predicted molar refractivity (Wildman–Crippen MR) is 73.3 cm³/mol. The van der Waals surface area contributed by atoms with Crippen molar-refractivity contribution in [1.29, 1.82) is 0 Å². The topological polar surface area (TPSA) is 57.6 Å². The number of benzene rings is 1. The standard InChI is InChI=1S/C12H16BrNO3S/c13-10-1-3-12(4-2-10)18(16,17)8-7-14-6-5-11(15)9-14/h1-4,11,15H,5-9H2. The van der Waals surface area contributed by atoms with Gasteiger partial charge in [-0.05, 0) is 30.7 Å². The van der Waals surface area contributed by atoms with E-state index in [1.807, 2.05) is 4.90 Å². The van der Waals surface area contributed by atoms with Gasteiger partial charge in [0, 0.05) is 24.1 Å². The monoisotopic (exact) mass is 333 g/mol. The quantitative estimate of drug-likeness (QED) is 0.902. The molecule has 1 unspecified atom stereocenters. The third-order valence-corrected chi connectivity index (χ3v) is 5.34. The molecule has 1 aromatic rings. The van der Waals surface area contributed by atoms with E-state index >= 15 is 0 Å². The molecule has 6 heteroatoms. The molecule has 1 fully saturated rings. The molecule has 1 N–H and O–H groups in total. The number of sulfone groups is 1. The Balaban J connectivity index is 1.97. The highest BCUT2D eigenvalue weighted by atomic mass is 79.9. The zero-order chi connectivity index (χ0) is 13.2. The fourth-order valence-electron chi connectivity index (χ4n) is 2.02. The summed E-state index contributed by atoms with van der Waals surface area (Å²) in [5.74, 6) is 0.0986. The molecule has 1 atom stereocenters. The fourth-order valence-corrected chi connectivity index (χ4v) is 3.57. The first-order valence-corrected chi connectivity index (χ1v) is 8.31. The number of nitrogens with zero attached hydrogens (tertiary/aromatic N) is 1. The summed E-state index contributed by atoms with van der Waals surface area (Å²) in [6, 6.07) is 6.68. The van der Waals surface area contributed by atoms with Gasteiger partial charge in [0.1, 0.15) is 0 Å². The molecular formula is C12H16BrNO3S. The number of aliphatic hydroxyl groups excluding tert-OH is 1. The Morgan fingerprint density at radius 2 is 2.00 bits per heavy atom. The van der Waals surface area contributed by atoms with Crippen LogP contribution in [0.15, 0.2) is 33.6 Å². The molecule has 4 nitrogen and oxygen atoms in total. The molecule has 1 aliphatic heterocycles. The van der Waals surface area contributed by atoms with Crippen molar-refractivity contribution in [2.45, 2.75) is 17.4 Å². The Labute approximate surface area is 116 Å². The molecule has 0 saturated carbocycles. The molecule has 0 amide bonds. The molecule has 0 radical (unpaired) electrons. The summed E-state index contributed by atoms with van der Waals surface area (Å²) < 4.78 is 25.0. The zero-order valence-electron chi connectivity index (χ0n) is 9.92. The smallest absolute Gasteiger partial charge is 0.179 e. The van der Waals surface area contributed by atoms with E-state index in [4.69, 9.17) is 0 Å². The third-order valence-electron chi connectivity index (χ3n) is 3.10. The van der Waals surface area contributed by atoms with Crippen molar-refractivity contribution in [2.24, 2.45) is 0 Å². The van der Waals surface area contributed by atoms with Crippen LogP contribution in [0.25, 0.3) is 0 Å². The van der Waals surface area contributed by atoms with E-state index in [9.17, 15) is 13.5 Å². The number of likely N-dealkylation sites (tertiary alicyclic amines) is 1. The molecule has 0 aliphatic carbocycles. The van der Waals surface area contributed by atoms with Crippen molar-refractivity contribution < 1.29 is 13.5 Å². The predicted octanol–water partition coefficient (Wildman–Crippen LogP) is 1.29. The van der Waals surface area contributed by atoms with E-state index in [0.29, 0.717) is 18.0 Å². The van der Waals surface area contributed by atoms with E-state index in [2.05, 4.69) is 15.9 Å². The van der Waals surface area contributed by atoms with Crippen LogP contribution in [-0.2, 0) is 9.84 Å². The molecule has 0 aromatic heterocycles. The number of halogens is 1. The van der Waals surface area contributed by atoms with Crippen molar-refractivity contribution >= 4 is 25.8 Å². The highest BCUT2D eigenvalue weighted by Gasteiger charge is 2.22. The normalized spacial score (nSPS) is 21.3. The van der Waals surface area contributed by atoms with E-state index in [1.165, 1.54) is 0 Å². The van der Waals surface area contributed by atoms with Gasteiger partial charge < -0.3 is 5.11 Å². The van der Waals surface area contributed by atoms with Crippen LogP contribution in [0.5, 0.6) is 0 Å². The summed E-state index contributed by atoms with van der Waals surface area (Å²) in [5.41, 5.74) is 0. The number of β-amino-alcohol motifs (C(OH)–C–C–N with tert-alkyl or cyclic N) is 1. The lowest BCUT2D eigenvalue weighted by molar-refractivity contribution is 0.178. The van der Waals surface area contributed by atoms with Crippen molar-refractivity contribution in [3.63, 3.8) is 0 Å². The number of hydrogen-bond donors (Lipinski definition) is 1. The van der Waals surface area contributed by atoms with Gasteiger partial charge in [-0.3, -0.25) is 4.90 Å². The molecule has 100 valence electrons. The lowest BCUT2D eigenvalue weighted by Gasteiger charge is -2.14. The number of hydrogen-bond acceptors (Lipinski definition) is 4. The van der Waals surface area contributed by atoms with Gasteiger partial charge in [-0.25, -0.2) is 8.42 Å². The average molecular weight is 334 g/mol. The van der Waals surface area contributed by atoms with E-state index < -0.39 is 9.84 Å². The van der Waals surface area contributed by atoms with Gasteiger partial charge >= 0.3 is 0 Å². The van der Waals surface area contributed by atoms with Gasteiger partial charge in [-0.2, -0.15) is 0 Å². The molecule has 1 aromatic carbocycles. The largest absolute Gasteiger partial charge is 0.392 e. The molecule has 0 spiro atoms. The summed E-state index contributed by atoms with van der Waals surface area (Å²) in [5, 5.41) is 9.38. The lowest BCUT2D eigenvalue weighted by atomic mass is 10.3.